The zero-order valence-electron chi connectivity index (χ0n) is 14.9. The fraction of sp³-hybridized carbons (Fsp3) is 0.278. The van der Waals surface area contributed by atoms with Crippen LogP contribution in [0.1, 0.15) is 22.5 Å². The molecule has 1 aromatic carbocycles. The van der Waals surface area contributed by atoms with Gasteiger partial charge >= 0.3 is 12.1 Å². The maximum Gasteiger partial charge on any atom is 0.490 e. The molecule has 0 saturated heterocycles. The number of furan rings is 1. The molecular weight excluding hydrogens is 379 g/mol. The molecule has 3 aromatic rings. The number of halogens is 3. The highest BCUT2D eigenvalue weighted by Gasteiger charge is 2.38. The number of carbonyl (C=O) groups is 2. The minimum Gasteiger partial charge on any atom is -0.475 e. The first-order valence-electron chi connectivity index (χ1n) is 8.21. The molecule has 0 radical (unpaired) electrons. The van der Waals surface area contributed by atoms with E-state index < -0.39 is 12.1 Å². The maximum absolute atomic E-state index is 12.1. The number of carboxylic acid groups (broad SMARTS) is 1. The van der Waals surface area contributed by atoms with Gasteiger partial charge in [-0.25, -0.2) is 9.78 Å². The van der Waals surface area contributed by atoms with Crippen LogP contribution in [0.3, 0.4) is 0 Å². The number of imidazole rings is 1. The summed E-state index contributed by atoms with van der Waals surface area (Å²) in [5, 5.41) is 11.0. The molecule has 0 aliphatic rings. The Balaban J connectivity index is 0.000000345. The number of aryl methyl sites for hydroxylation is 2. The molecule has 0 saturated carbocycles. The van der Waals surface area contributed by atoms with Gasteiger partial charge in [0.05, 0.1) is 6.33 Å². The molecule has 150 valence electrons. The van der Waals surface area contributed by atoms with Crippen LogP contribution >= 0.6 is 0 Å². The topological polar surface area (TPSA) is 97.4 Å². The van der Waals surface area contributed by atoms with Crippen LogP contribution in [-0.4, -0.2) is 39.3 Å². The van der Waals surface area contributed by atoms with E-state index in [1.165, 1.54) is 0 Å². The molecule has 0 atom stereocenters. The van der Waals surface area contributed by atoms with E-state index in [1.807, 2.05) is 35.9 Å². The standard InChI is InChI=1S/C16H17N3O2.C2HF3O2/c1-12-9-14-10-13(3-4-15(14)21-12)16(20)18-5-2-7-19-8-6-17-11-19;3-2(4,5)1(6)7/h3-4,6,8-11H,2,5,7H2,1H3,(H,18,20);(H,6,7). The van der Waals surface area contributed by atoms with E-state index >= 15 is 0 Å². The number of hydrogen-bond acceptors (Lipinski definition) is 4. The molecule has 7 nitrogen and oxygen atoms in total. The van der Waals surface area contributed by atoms with E-state index in [0.717, 1.165) is 29.7 Å². The first-order chi connectivity index (χ1) is 13.2. The molecule has 10 heteroatoms. The van der Waals surface area contributed by atoms with Gasteiger partial charge in [-0.05, 0) is 37.6 Å². The average molecular weight is 397 g/mol. The number of aromatic nitrogens is 2. The Bertz CT molecular complexity index is 933. The first-order valence-corrected chi connectivity index (χ1v) is 8.21. The predicted molar refractivity (Wildman–Crippen MR) is 93.8 cm³/mol. The number of nitrogens with zero attached hydrogens (tertiary/aromatic N) is 2. The largest absolute Gasteiger partial charge is 0.490 e. The Morgan fingerprint density at radius 1 is 1.29 bits per heavy atom. The molecule has 0 unspecified atom stereocenters. The Hall–Kier alpha value is -3.30. The lowest BCUT2D eigenvalue weighted by Crippen LogP contribution is -2.25. The fourth-order valence-corrected chi connectivity index (χ4v) is 2.30. The normalized spacial score (nSPS) is 11.0. The zero-order chi connectivity index (χ0) is 20.7. The highest BCUT2D eigenvalue weighted by Crippen LogP contribution is 2.20. The second-order valence-electron chi connectivity index (χ2n) is 5.82. The van der Waals surface area contributed by atoms with Gasteiger partial charge in [-0.2, -0.15) is 13.2 Å². The molecule has 0 aliphatic heterocycles. The van der Waals surface area contributed by atoms with Crippen molar-refractivity contribution in [3.8, 4) is 0 Å². The van der Waals surface area contributed by atoms with Gasteiger partial charge < -0.3 is 19.4 Å². The molecule has 28 heavy (non-hydrogen) atoms. The second kappa shape index (κ2) is 9.07. The Labute approximate surface area is 157 Å². The van der Waals surface area contributed by atoms with Crippen molar-refractivity contribution in [3.63, 3.8) is 0 Å². The molecule has 2 N–H and O–H groups in total. The summed E-state index contributed by atoms with van der Waals surface area (Å²) < 4.78 is 39.2. The van der Waals surface area contributed by atoms with Crippen molar-refractivity contribution in [3.05, 3.63) is 54.3 Å². The minimum atomic E-state index is -5.08. The quantitative estimate of drug-likeness (QED) is 0.643. The lowest BCUT2D eigenvalue weighted by Gasteiger charge is -2.06. The third kappa shape index (κ3) is 6.15. The highest BCUT2D eigenvalue weighted by molar-refractivity contribution is 5.97. The number of benzene rings is 1. The Morgan fingerprint density at radius 2 is 2.00 bits per heavy atom. The predicted octanol–water partition coefficient (Wildman–Crippen LogP) is 3.39. The van der Waals surface area contributed by atoms with Crippen molar-refractivity contribution in [1.29, 1.82) is 0 Å². The van der Waals surface area contributed by atoms with Gasteiger partial charge in [-0.3, -0.25) is 4.79 Å². The van der Waals surface area contributed by atoms with Crippen molar-refractivity contribution >= 4 is 22.8 Å². The van der Waals surface area contributed by atoms with Crippen LogP contribution in [0.5, 0.6) is 0 Å². The lowest BCUT2D eigenvalue weighted by molar-refractivity contribution is -0.192. The Kier molecular flexibility index (Phi) is 6.80. The maximum atomic E-state index is 12.1. The van der Waals surface area contributed by atoms with Gasteiger partial charge in [-0.15, -0.1) is 0 Å². The molecule has 1 amide bonds. The van der Waals surface area contributed by atoms with E-state index in [9.17, 15) is 18.0 Å². The smallest absolute Gasteiger partial charge is 0.475 e. The third-order valence-electron chi connectivity index (χ3n) is 3.58. The molecule has 0 fully saturated rings. The van der Waals surface area contributed by atoms with Gasteiger partial charge in [0.25, 0.3) is 5.91 Å². The summed E-state index contributed by atoms with van der Waals surface area (Å²) >= 11 is 0. The van der Waals surface area contributed by atoms with Crippen LogP contribution in [-0.2, 0) is 11.3 Å². The van der Waals surface area contributed by atoms with Gasteiger partial charge in [0, 0.05) is 36.4 Å². The third-order valence-corrected chi connectivity index (χ3v) is 3.58. The van der Waals surface area contributed by atoms with E-state index in [2.05, 4.69) is 10.3 Å². The number of aliphatic carboxylic acids is 1. The van der Waals surface area contributed by atoms with E-state index in [0.29, 0.717) is 12.1 Å². The number of carbonyl (C=O) groups excluding carboxylic acids is 1. The lowest BCUT2D eigenvalue weighted by atomic mass is 10.1. The van der Waals surface area contributed by atoms with Crippen molar-refractivity contribution < 1.29 is 32.3 Å². The van der Waals surface area contributed by atoms with Crippen LogP contribution in [0.2, 0.25) is 0 Å². The van der Waals surface area contributed by atoms with Crippen molar-refractivity contribution in [2.45, 2.75) is 26.1 Å². The summed E-state index contributed by atoms with van der Waals surface area (Å²) in [4.78, 5) is 25.0. The second-order valence-corrected chi connectivity index (χ2v) is 5.82. The molecule has 3 rings (SSSR count). The zero-order valence-corrected chi connectivity index (χ0v) is 14.9. The number of alkyl halides is 3. The van der Waals surface area contributed by atoms with Crippen LogP contribution in [0.15, 0.2) is 47.4 Å². The van der Waals surface area contributed by atoms with E-state index in [-0.39, 0.29) is 5.91 Å². The van der Waals surface area contributed by atoms with Gasteiger partial charge in [0.1, 0.15) is 11.3 Å². The number of hydrogen-bond donors (Lipinski definition) is 2. The molecule has 0 spiro atoms. The van der Waals surface area contributed by atoms with Gasteiger partial charge in [0.15, 0.2) is 0 Å². The number of carboxylic acids is 1. The summed E-state index contributed by atoms with van der Waals surface area (Å²) in [7, 11) is 0. The fourth-order valence-electron chi connectivity index (χ4n) is 2.30. The van der Waals surface area contributed by atoms with E-state index in [1.54, 1.807) is 18.6 Å². The summed E-state index contributed by atoms with van der Waals surface area (Å²) in [6, 6.07) is 7.42. The minimum absolute atomic E-state index is 0.0543. The number of rotatable bonds is 5. The number of amides is 1. The summed E-state index contributed by atoms with van der Waals surface area (Å²) in [6.45, 7) is 3.38. The molecule has 2 aromatic heterocycles. The molecule has 0 bridgehead atoms. The molecular formula is C18H18F3N3O4. The van der Waals surface area contributed by atoms with Crippen LogP contribution < -0.4 is 5.32 Å². The monoisotopic (exact) mass is 397 g/mol. The summed E-state index contributed by atoms with van der Waals surface area (Å²) in [5.41, 5.74) is 1.47. The van der Waals surface area contributed by atoms with Gasteiger partial charge in [-0.1, -0.05) is 0 Å². The average Bonchev–Trinajstić information content (AvgIpc) is 3.25. The first kappa shape index (κ1) is 21.0. The molecule has 2 heterocycles. The van der Waals surface area contributed by atoms with Crippen LogP contribution in [0.25, 0.3) is 11.0 Å². The van der Waals surface area contributed by atoms with Crippen molar-refractivity contribution in [2.75, 3.05) is 6.54 Å². The number of nitrogens with one attached hydrogen (secondary N) is 1. The van der Waals surface area contributed by atoms with Crippen molar-refractivity contribution in [1.82, 2.24) is 14.9 Å². The highest BCUT2D eigenvalue weighted by atomic mass is 19.4. The summed E-state index contributed by atoms with van der Waals surface area (Å²) in [6.07, 6.45) is 1.23. The van der Waals surface area contributed by atoms with Crippen LogP contribution in [0.4, 0.5) is 13.2 Å². The summed E-state index contributed by atoms with van der Waals surface area (Å²) in [5.74, 6) is -1.96. The van der Waals surface area contributed by atoms with E-state index in [4.69, 9.17) is 14.3 Å². The molecule has 0 aliphatic carbocycles. The number of fused-ring (bicyclic) bond motifs is 1. The van der Waals surface area contributed by atoms with Gasteiger partial charge in [0.2, 0.25) is 0 Å². The Morgan fingerprint density at radius 3 is 2.61 bits per heavy atom. The van der Waals surface area contributed by atoms with Crippen LogP contribution in [0, 0.1) is 6.92 Å². The van der Waals surface area contributed by atoms with Crippen molar-refractivity contribution in [2.24, 2.45) is 0 Å². The SMILES string of the molecule is Cc1cc2cc(C(=O)NCCCn3ccnc3)ccc2o1.O=C(O)C(F)(F)F.